The Hall–Kier alpha value is -4.62. The number of nitrogens with one attached hydrogen (secondary N) is 1. The predicted molar refractivity (Wildman–Crippen MR) is 160 cm³/mol. The van der Waals surface area contributed by atoms with E-state index in [1.54, 1.807) is 4.90 Å². The number of fused-ring (bicyclic) bond motifs is 2. The van der Waals surface area contributed by atoms with Crippen molar-refractivity contribution in [2.45, 2.75) is 12.6 Å². The quantitative estimate of drug-likeness (QED) is 0.277. The number of aromatic amines is 1. The molecule has 1 saturated heterocycles. The van der Waals surface area contributed by atoms with Crippen LogP contribution in [0, 0.1) is 5.82 Å². The van der Waals surface area contributed by atoms with Gasteiger partial charge in [0.05, 0.1) is 0 Å². The molecule has 2 aliphatic rings. The fourth-order valence-electron chi connectivity index (χ4n) is 6.13. The fourth-order valence-corrected chi connectivity index (χ4v) is 6.13. The summed E-state index contributed by atoms with van der Waals surface area (Å²) in [5, 5.41) is 11.8. The second-order valence-electron chi connectivity index (χ2n) is 11.1. The third-order valence-electron chi connectivity index (χ3n) is 8.45. The van der Waals surface area contributed by atoms with Gasteiger partial charge >= 0.3 is 0 Å². The number of carbonyl (C=O) groups is 1. The van der Waals surface area contributed by atoms with Gasteiger partial charge in [-0.05, 0) is 77.7 Å². The number of H-pyrrole nitrogens is 1. The number of hydrogen-bond acceptors (Lipinski definition) is 4. The molecule has 3 heterocycles. The van der Waals surface area contributed by atoms with Crippen LogP contribution in [-0.4, -0.2) is 59.0 Å². The van der Waals surface area contributed by atoms with E-state index in [1.165, 1.54) is 23.9 Å². The Labute approximate surface area is 238 Å². The number of benzene rings is 4. The predicted octanol–water partition coefficient (Wildman–Crippen LogP) is 6.18. The molecule has 41 heavy (non-hydrogen) atoms. The van der Waals surface area contributed by atoms with Gasteiger partial charge in [-0.15, -0.1) is 0 Å². The molecule has 7 heteroatoms. The van der Waals surface area contributed by atoms with Crippen molar-refractivity contribution in [3.05, 3.63) is 119 Å². The van der Waals surface area contributed by atoms with Crippen LogP contribution >= 0.6 is 0 Å². The van der Waals surface area contributed by atoms with Gasteiger partial charge in [0, 0.05) is 60.7 Å². The molecule has 7 rings (SSSR count). The standard InChI is InChI=1S/C34H31FN4O2/c1-37-14-16-38(17-15-37)27-11-8-22(9-12-27)23-6-7-25-21-39(34(41)28(25)18-23)33(29-20-26(35)10-13-32(29)40)31-19-24-4-2-3-5-30(24)36-31/h2-13,18-20,33,36,40H,14-17,21H2,1H3/t33-/m1/s1. The first-order chi connectivity index (χ1) is 19.9. The van der Waals surface area contributed by atoms with E-state index >= 15 is 0 Å². The average Bonchev–Trinajstić information content (AvgIpc) is 3.56. The molecule has 2 N–H and O–H groups in total. The summed E-state index contributed by atoms with van der Waals surface area (Å²) in [5.74, 6) is -0.673. The summed E-state index contributed by atoms with van der Waals surface area (Å²) in [5.41, 5.74) is 6.74. The number of likely N-dealkylation sites (N-methyl/N-ethyl adjacent to an activating group) is 1. The third-order valence-corrected chi connectivity index (χ3v) is 8.45. The molecule has 0 unspecified atom stereocenters. The first kappa shape index (κ1) is 25.4. The second kappa shape index (κ2) is 10.1. The van der Waals surface area contributed by atoms with Gasteiger partial charge in [0.25, 0.3) is 5.91 Å². The van der Waals surface area contributed by atoms with Crippen molar-refractivity contribution in [1.82, 2.24) is 14.8 Å². The number of amides is 1. The number of carbonyl (C=O) groups excluding carboxylic acids is 1. The number of halogens is 1. The van der Waals surface area contributed by atoms with Crippen molar-refractivity contribution in [2.24, 2.45) is 0 Å². The first-order valence-corrected chi connectivity index (χ1v) is 14.0. The first-order valence-electron chi connectivity index (χ1n) is 14.0. The lowest BCUT2D eigenvalue weighted by Gasteiger charge is -2.34. The van der Waals surface area contributed by atoms with Crippen LogP contribution in [0.4, 0.5) is 10.1 Å². The highest BCUT2D eigenvalue weighted by Gasteiger charge is 2.37. The van der Waals surface area contributed by atoms with Crippen LogP contribution in [0.3, 0.4) is 0 Å². The number of anilines is 1. The molecule has 0 saturated carbocycles. The highest BCUT2D eigenvalue weighted by molar-refractivity contribution is 6.00. The number of para-hydroxylation sites is 1. The number of phenolic OH excluding ortho intramolecular Hbond substituents is 1. The van der Waals surface area contributed by atoms with E-state index in [9.17, 15) is 14.3 Å². The van der Waals surface area contributed by atoms with Crippen molar-refractivity contribution in [3.8, 4) is 16.9 Å². The molecule has 0 aliphatic carbocycles. The molecule has 0 radical (unpaired) electrons. The van der Waals surface area contributed by atoms with Crippen molar-refractivity contribution < 1.29 is 14.3 Å². The van der Waals surface area contributed by atoms with Gasteiger partial charge in [0.2, 0.25) is 0 Å². The molecular formula is C34H31FN4O2. The van der Waals surface area contributed by atoms with Crippen LogP contribution in [0.5, 0.6) is 5.75 Å². The minimum atomic E-state index is -0.690. The van der Waals surface area contributed by atoms with Crippen molar-refractivity contribution >= 4 is 22.5 Å². The minimum absolute atomic E-state index is 0.0556. The van der Waals surface area contributed by atoms with E-state index in [1.807, 2.05) is 42.5 Å². The average molecular weight is 547 g/mol. The molecule has 0 bridgehead atoms. The molecule has 2 aliphatic heterocycles. The van der Waals surface area contributed by atoms with Crippen LogP contribution in [0.1, 0.15) is 33.2 Å². The molecule has 5 aromatic rings. The van der Waals surface area contributed by atoms with E-state index in [4.69, 9.17) is 0 Å². The summed E-state index contributed by atoms with van der Waals surface area (Å²) in [6, 6.07) is 27.5. The number of piperazine rings is 1. The Morgan fingerprint density at radius 3 is 2.39 bits per heavy atom. The molecule has 1 atom stereocenters. The molecule has 4 aromatic carbocycles. The monoisotopic (exact) mass is 546 g/mol. The van der Waals surface area contributed by atoms with E-state index < -0.39 is 11.9 Å². The number of hydrogen-bond donors (Lipinski definition) is 2. The summed E-state index contributed by atoms with van der Waals surface area (Å²) >= 11 is 0. The Bertz CT molecular complexity index is 1720. The Kier molecular flexibility index (Phi) is 6.24. The Balaban J connectivity index is 1.22. The maximum Gasteiger partial charge on any atom is 0.255 e. The molecule has 206 valence electrons. The van der Waals surface area contributed by atoms with Gasteiger partial charge in [-0.25, -0.2) is 4.39 Å². The summed E-state index contributed by atoms with van der Waals surface area (Å²) in [6.07, 6.45) is 0. The van der Waals surface area contributed by atoms with Crippen LogP contribution in [0.15, 0.2) is 91.0 Å². The van der Waals surface area contributed by atoms with Crippen molar-refractivity contribution in [2.75, 3.05) is 38.1 Å². The Morgan fingerprint density at radius 2 is 1.61 bits per heavy atom. The van der Waals surface area contributed by atoms with Gasteiger partial charge in [-0.3, -0.25) is 4.79 Å². The van der Waals surface area contributed by atoms with Crippen LogP contribution < -0.4 is 4.90 Å². The van der Waals surface area contributed by atoms with Crippen molar-refractivity contribution in [3.63, 3.8) is 0 Å². The maximum atomic E-state index is 14.4. The fraction of sp³-hybridized carbons (Fsp3) is 0.206. The van der Waals surface area contributed by atoms with E-state index in [0.717, 1.165) is 53.8 Å². The zero-order valence-electron chi connectivity index (χ0n) is 22.8. The minimum Gasteiger partial charge on any atom is -0.508 e. The molecule has 6 nitrogen and oxygen atoms in total. The number of aromatic nitrogens is 1. The van der Waals surface area contributed by atoms with Gasteiger partial charge in [0.1, 0.15) is 17.6 Å². The highest BCUT2D eigenvalue weighted by Crippen LogP contribution is 2.41. The summed E-state index contributed by atoms with van der Waals surface area (Å²) in [7, 11) is 2.15. The lowest BCUT2D eigenvalue weighted by atomic mass is 10.00. The number of nitrogens with zero attached hydrogens (tertiary/aromatic N) is 3. The molecule has 1 aromatic heterocycles. The van der Waals surface area contributed by atoms with Crippen LogP contribution in [0.25, 0.3) is 22.0 Å². The van der Waals surface area contributed by atoms with E-state index in [2.05, 4.69) is 52.2 Å². The van der Waals surface area contributed by atoms with Gasteiger partial charge in [-0.1, -0.05) is 42.5 Å². The number of aromatic hydroxyl groups is 1. The lowest BCUT2D eigenvalue weighted by molar-refractivity contribution is 0.0726. The smallest absolute Gasteiger partial charge is 0.255 e. The summed E-state index contributed by atoms with van der Waals surface area (Å²) < 4.78 is 14.4. The van der Waals surface area contributed by atoms with Crippen LogP contribution in [0.2, 0.25) is 0 Å². The molecule has 1 amide bonds. The molecular weight excluding hydrogens is 515 g/mol. The van der Waals surface area contributed by atoms with Gasteiger partial charge in [0.15, 0.2) is 0 Å². The highest BCUT2D eigenvalue weighted by atomic mass is 19.1. The second-order valence-corrected chi connectivity index (χ2v) is 11.1. The normalized spacial score (nSPS) is 16.4. The van der Waals surface area contributed by atoms with Crippen LogP contribution in [-0.2, 0) is 6.54 Å². The molecule has 0 spiro atoms. The lowest BCUT2D eigenvalue weighted by Crippen LogP contribution is -2.44. The van der Waals surface area contributed by atoms with E-state index in [-0.39, 0.29) is 11.7 Å². The Morgan fingerprint density at radius 1 is 0.854 bits per heavy atom. The summed E-state index contributed by atoms with van der Waals surface area (Å²) in [6.45, 7) is 4.48. The molecule has 1 fully saturated rings. The van der Waals surface area contributed by atoms with Gasteiger partial charge < -0.3 is 24.8 Å². The zero-order chi connectivity index (χ0) is 28.1. The number of rotatable bonds is 5. The largest absolute Gasteiger partial charge is 0.508 e. The summed E-state index contributed by atoms with van der Waals surface area (Å²) in [4.78, 5) is 23.9. The zero-order valence-corrected chi connectivity index (χ0v) is 22.8. The maximum absolute atomic E-state index is 14.4. The SMILES string of the molecule is CN1CCN(c2ccc(-c3ccc4c(c3)C(=O)N([C@@H](c3cc5ccccc5[nH]3)c3cc(F)ccc3O)C4)cc2)CC1. The van der Waals surface area contributed by atoms with E-state index in [0.29, 0.717) is 23.4 Å². The number of phenols is 1. The van der Waals surface area contributed by atoms with Crippen molar-refractivity contribution in [1.29, 1.82) is 0 Å². The van der Waals surface area contributed by atoms with Gasteiger partial charge in [-0.2, -0.15) is 0 Å². The third kappa shape index (κ3) is 4.62. The topological polar surface area (TPSA) is 62.8 Å².